The van der Waals surface area contributed by atoms with Crippen LogP contribution in [0, 0.1) is 0 Å². The number of amides is 1. The van der Waals surface area contributed by atoms with E-state index in [4.69, 9.17) is 0 Å². The second kappa shape index (κ2) is 6.24. The molecule has 0 spiro atoms. The third-order valence-corrected chi connectivity index (χ3v) is 3.95. The van der Waals surface area contributed by atoms with Gasteiger partial charge in [0, 0.05) is 12.6 Å². The lowest BCUT2D eigenvalue weighted by Crippen LogP contribution is -2.30. The molecule has 1 fully saturated rings. The number of nitrogens with zero attached hydrogens (tertiary/aromatic N) is 2. The first-order chi connectivity index (χ1) is 8.68. The predicted molar refractivity (Wildman–Crippen MR) is 72.0 cm³/mol. The van der Waals surface area contributed by atoms with E-state index in [0.29, 0.717) is 17.5 Å². The lowest BCUT2D eigenvalue weighted by molar-refractivity contribution is 0.0955. The van der Waals surface area contributed by atoms with Gasteiger partial charge in [-0.3, -0.25) is 4.79 Å². The van der Waals surface area contributed by atoms with E-state index in [-0.39, 0.29) is 11.8 Å². The van der Waals surface area contributed by atoms with Crippen molar-refractivity contribution in [3.05, 3.63) is 10.6 Å². The van der Waals surface area contributed by atoms with Gasteiger partial charge in [0.15, 0.2) is 0 Å². The Balaban J connectivity index is 1.81. The molecule has 1 amide bonds. The maximum atomic E-state index is 12.0. The Kier molecular flexibility index (Phi) is 4.66. The van der Waals surface area contributed by atoms with Gasteiger partial charge in [-0.25, -0.2) is 0 Å². The molecule has 1 aliphatic rings. The molecule has 5 nitrogen and oxygen atoms in total. The van der Waals surface area contributed by atoms with Crippen LogP contribution in [0.1, 0.15) is 54.4 Å². The summed E-state index contributed by atoms with van der Waals surface area (Å²) in [5.41, 5.74) is 0.802. The number of carbonyl (C=O) groups is 1. The predicted octanol–water partition coefficient (Wildman–Crippen LogP) is 1.53. The number of aromatic nitrogens is 2. The molecule has 1 aliphatic heterocycles. The zero-order valence-electron chi connectivity index (χ0n) is 10.9. The first-order valence-corrected chi connectivity index (χ1v) is 7.29. The van der Waals surface area contributed by atoms with Crippen LogP contribution >= 0.6 is 11.5 Å². The van der Waals surface area contributed by atoms with Crippen molar-refractivity contribution < 1.29 is 4.79 Å². The van der Waals surface area contributed by atoms with Crippen molar-refractivity contribution in [1.82, 2.24) is 20.2 Å². The minimum Gasteiger partial charge on any atom is -0.351 e. The van der Waals surface area contributed by atoms with Gasteiger partial charge >= 0.3 is 0 Å². The molecule has 0 aromatic carbocycles. The smallest absolute Gasteiger partial charge is 0.264 e. The quantitative estimate of drug-likeness (QED) is 0.850. The molecular weight excluding hydrogens is 248 g/mol. The van der Waals surface area contributed by atoms with Crippen LogP contribution in [0.2, 0.25) is 0 Å². The van der Waals surface area contributed by atoms with Gasteiger partial charge in [0.05, 0.1) is 5.69 Å². The molecule has 1 saturated heterocycles. The maximum Gasteiger partial charge on any atom is 0.264 e. The van der Waals surface area contributed by atoms with Crippen LogP contribution in [0.3, 0.4) is 0 Å². The third kappa shape index (κ3) is 3.26. The molecule has 0 unspecified atom stereocenters. The monoisotopic (exact) mass is 268 g/mol. The van der Waals surface area contributed by atoms with Gasteiger partial charge in [0.2, 0.25) is 0 Å². The van der Waals surface area contributed by atoms with Crippen molar-refractivity contribution in [2.24, 2.45) is 0 Å². The topological polar surface area (TPSA) is 66.9 Å². The third-order valence-electron chi connectivity index (χ3n) is 3.21. The van der Waals surface area contributed by atoms with Gasteiger partial charge in [0.25, 0.3) is 5.91 Å². The molecule has 100 valence electrons. The van der Waals surface area contributed by atoms with Crippen molar-refractivity contribution in [2.45, 2.75) is 45.1 Å². The normalized spacial score (nSPS) is 19.4. The summed E-state index contributed by atoms with van der Waals surface area (Å²) in [6.45, 7) is 5.87. The van der Waals surface area contributed by atoms with Crippen LogP contribution in [0.4, 0.5) is 0 Å². The largest absolute Gasteiger partial charge is 0.351 e. The second-order valence-corrected chi connectivity index (χ2v) is 5.73. The summed E-state index contributed by atoms with van der Waals surface area (Å²) in [6.07, 6.45) is 3.46. The molecule has 0 saturated carbocycles. The van der Waals surface area contributed by atoms with Gasteiger partial charge in [0.1, 0.15) is 4.88 Å². The highest BCUT2D eigenvalue weighted by molar-refractivity contribution is 7.08. The molecule has 6 heteroatoms. The Morgan fingerprint density at radius 2 is 2.44 bits per heavy atom. The summed E-state index contributed by atoms with van der Waals surface area (Å²) >= 11 is 1.18. The number of nitrogens with one attached hydrogen (secondary N) is 2. The first-order valence-electron chi connectivity index (χ1n) is 6.52. The lowest BCUT2D eigenvalue weighted by Gasteiger charge is -2.10. The van der Waals surface area contributed by atoms with E-state index in [2.05, 4.69) is 20.2 Å². The average molecular weight is 268 g/mol. The van der Waals surface area contributed by atoms with Gasteiger partial charge in [-0.2, -0.15) is 0 Å². The number of hydrogen-bond donors (Lipinski definition) is 2. The van der Waals surface area contributed by atoms with Crippen molar-refractivity contribution >= 4 is 17.4 Å². The highest BCUT2D eigenvalue weighted by Crippen LogP contribution is 2.19. The molecule has 0 bridgehead atoms. The van der Waals surface area contributed by atoms with Gasteiger partial charge in [-0.1, -0.05) is 18.3 Å². The molecule has 2 rings (SSSR count). The summed E-state index contributed by atoms with van der Waals surface area (Å²) in [5.74, 6) is 0.202. The highest BCUT2D eigenvalue weighted by atomic mass is 32.1. The van der Waals surface area contributed by atoms with Gasteiger partial charge in [-0.15, -0.1) is 5.10 Å². The van der Waals surface area contributed by atoms with Crippen LogP contribution in [-0.2, 0) is 0 Å². The second-order valence-electron chi connectivity index (χ2n) is 4.98. The highest BCUT2D eigenvalue weighted by Gasteiger charge is 2.19. The molecule has 2 N–H and O–H groups in total. The van der Waals surface area contributed by atoms with Crippen LogP contribution in [0.25, 0.3) is 0 Å². The number of carbonyl (C=O) groups excluding carboxylic acids is 1. The van der Waals surface area contributed by atoms with E-state index >= 15 is 0 Å². The molecule has 1 atom stereocenters. The molecule has 0 radical (unpaired) electrons. The molecule has 1 aromatic rings. The van der Waals surface area contributed by atoms with Crippen molar-refractivity contribution in [3.63, 3.8) is 0 Å². The zero-order valence-corrected chi connectivity index (χ0v) is 11.7. The Morgan fingerprint density at radius 3 is 3.11 bits per heavy atom. The van der Waals surface area contributed by atoms with E-state index in [1.54, 1.807) is 0 Å². The molecular formula is C12H20N4OS. The van der Waals surface area contributed by atoms with E-state index in [1.165, 1.54) is 24.4 Å². The van der Waals surface area contributed by atoms with Crippen molar-refractivity contribution in [2.75, 3.05) is 13.1 Å². The molecule has 18 heavy (non-hydrogen) atoms. The number of hydrogen-bond acceptors (Lipinski definition) is 5. The van der Waals surface area contributed by atoms with Crippen LogP contribution in [-0.4, -0.2) is 34.6 Å². The minimum atomic E-state index is -0.0355. The number of rotatable bonds is 5. The standard InChI is InChI=1S/C12H20N4OS/c1-8(2)10-11(18-16-15-10)12(17)14-7-5-9-4-3-6-13-9/h8-9,13H,3-7H2,1-2H3,(H,14,17)/t9-/m0/s1. The fraction of sp³-hybridized carbons (Fsp3) is 0.750. The fourth-order valence-electron chi connectivity index (χ4n) is 2.18. The van der Waals surface area contributed by atoms with Gasteiger partial charge < -0.3 is 10.6 Å². The fourth-order valence-corrected chi connectivity index (χ4v) is 2.91. The summed E-state index contributed by atoms with van der Waals surface area (Å²) in [5, 5.41) is 10.4. The summed E-state index contributed by atoms with van der Waals surface area (Å²) in [4.78, 5) is 12.7. The Morgan fingerprint density at radius 1 is 1.61 bits per heavy atom. The molecule has 0 aliphatic carbocycles. The molecule has 1 aromatic heterocycles. The average Bonchev–Trinajstić information content (AvgIpc) is 2.99. The van der Waals surface area contributed by atoms with Crippen LogP contribution < -0.4 is 10.6 Å². The molecule has 2 heterocycles. The van der Waals surface area contributed by atoms with Gasteiger partial charge in [-0.05, 0) is 43.3 Å². The summed E-state index contributed by atoms with van der Waals surface area (Å²) in [7, 11) is 0. The summed E-state index contributed by atoms with van der Waals surface area (Å²) < 4.78 is 3.87. The first kappa shape index (κ1) is 13.4. The van der Waals surface area contributed by atoms with E-state index in [9.17, 15) is 4.79 Å². The minimum absolute atomic E-state index is 0.0355. The van der Waals surface area contributed by atoms with Crippen molar-refractivity contribution in [3.8, 4) is 0 Å². The van der Waals surface area contributed by atoms with E-state index in [0.717, 1.165) is 18.7 Å². The maximum absolute atomic E-state index is 12.0. The van der Waals surface area contributed by atoms with Crippen LogP contribution in [0.15, 0.2) is 0 Å². The van der Waals surface area contributed by atoms with E-state index in [1.807, 2.05) is 13.8 Å². The Hall–Kier alpha value is -1.01. The SMILES string of the molecule is CC(C)c1nnsc1C(=O)NCC[C@@H]1CCCN1. The Bertz CT molecular complexity index is 399. The van der Waals surface area contributed by atoms with Crippen molar-refractivity contribution in [1.29, 1.82) is 0 Å². The van der Waals surface area contributed by atoms with E-state index < -0.39 is 0 Å². The zero-order chi connectivity index (χ0) is 13.0. The lowest BCUT2D eigenvalue weighted by atomic mass is 10.1. The summed E-state index contributed by atoms with van der Waals surface area (Å²) in [6, 6.07) is 0.564. The Labute approximate surface area is 112 Å². The van der Waals surface area contributed by atoms with Crippen LogP contribution in [0.5, 0.6) is 0 Å².